The highest BCUT2D eigenvalue weighted by Crippen LogP contribution is 2.18. The summed E-state index contributed by atoms with van der Waals surface area (Å²) in [5.74, 6) is 0.494. The third kappa shape index (κ3) is 4.06. The van der Waals surface area contributed by atoms with Crippen LogP contribution in [0, 0.1) is 19.8 Å². The zero-order chi connectivity index (χ0) is 13.7. The quantitative estimate of drug-likeness (QED) is 0.841. The molecule has 0 heterocycles. The number of carbonyl (C=O) groups is 1. The third-order valence-electron chi connectivity index (χ3n) is 3.30. The van der Waals surface area contributed by atoms with E-state index in [0.717, 1.165) is 5.69 Å². The van der Waals surface area contributed by atoms with Crippen molar-refractivity contribution in [2.45, 2.75) is 40.7 Å². The molecule has 0 aromatic heterocycles. The molecular formula is C15H24N2O. The van der Waals surface area contributed by atoms with Gasteiger partial charge in [-0.2, -0.15) is 0 Å². The monoisotopic (exact) mass is 248 g/mol. The molecule has 0 aliphatic rings. The number of rotatable bonds is 5. The van der Waals surface area contributed by atoms with Crippen molar-refractivity contribution in [2.24, 2.45) is 5.92 Å². The number of para-hydroxylation sites is 1. The highest BCUT2D eigenvalue weighted by atomic mass is 16.1. The van der Waals surface area contributed by atoms with Gasteiger partial charge in [0.25, 0.3) is 0 Å². The van der Waals surface area contributed by atoms with Crippen LogP contribution in [0.1, 0.15) is 31.9 Å². The van der Waals surface area contributed by atoms with Gasteiger partial charge in [-0.15, -0.1) is 0 Å². The molecule has 100 valence electrons. The zero-order valence-electron chi connectivity index (χ0n) is 12.0. The molecule has 0 fully saturated rings. The lowest BCUT2D eigenvalue weighted by Crippen LogP contribution is -2.39. The Labute approximate surface area is 110 Å². The van der Waals surface area contributed by atoms with Gasteiger partial charge in [0.05, 0.1) is 6.54 Å². The maximum absolute atomic E-state index is 11.8. The predicted octanol–water partition coefficient (Wildman–Crippen LogP) is 2.88. The van der Waals surface area contributed by atoms with Crippen molar-refractivity contribution in [3.8, 4) is 0 Å². The second kappa shape index (κ2) is 6.43. The van der Waals surface area contributed by atoms with Crippen LogP contribution >= 0.6 is 0 Å². The molecule has 0 bridgehead atoms. The van der Waals surface area contributed by atoms with Gasteiger partial charge in [-0.05, 0) is 37.8 Å². The average Bonchev–Trinajstić information content (AvgIpc) is 2.28. The number of aryl methyl sites for hydroxylation is 2. The molecule has 0 spiro atoms. The number of anilines is 1. The minimum Gasteiger partial charge on any atom is -0.376 e. The maximum atomic E-state index is 11.8. The normalized spacial score (nSPS) is 12.3. The van der Waals surface area contributed by atoms with Crippen molar-refractivity contribution in [3.05, 3.63) is 29.3 Å². The molecule has 1 amide bonds. The molecule has 0 aliphatic heterocycles. The molecule has 1 aromatic rings. The van der Waals surface area contributed by atoms with E-state index < -0.39 is 0 Å². The second-order valence-corrected chi connectivity index (χ2v) is 5.22. The van der Waals surface area contributed by atoms with Crippen LogP contribution in [0.2, 0.25) is 0 Å². The van der Waals surface area contributed by atoms with E-state index in [4.69, 9.17) is 0 Å². The summed E-state index contributed by atoms with van der Waals surface area (Å²) in [5.41, 5.74) is 3.39. The summed E-state index contributed by atoms with van der Waals surface area (Å²) in [6.07, 6.45) is 0. The molecule has 0 saturated heterocycles. The molecule has 1 rings (SSSR count). The van der Waals surface area contributed by atoms with Crippen LogP contribution in [0.25, 0.3) is 0 Å². The summed E-state index contributed by atoms with van der Waals surface area (Å²) in [4.78, 5) is 11.8. The zero-order valence-corrected chi connectivity index (χ0v) is 12.0. The minimum atomic E-state index is 0.0406. The average molecular weight is 248 g/mol. The summed E-state index contributed by atoms with van der Waals surface area (Å²) < 4.78 is 0. The molecule has 0 aliphatic carbocycles. The summed E-state index contributed by atoms with van der Waals surface area (Å²) in [5, 5.41) is 6.20. The fraction of sp³-hybridized carbons (Fsp3) is 0.533. The lowest BCUT2D eigenvalue weighted by molar-refractivity contribution is -0.120. The van der Waals surface area contributed by atoms with Gasteiger partial charge in [-0.25, -0.2) is 0 Å². The number of hydrogen-bond donors (Lipinski definition) is 2. The van der Waals surface area contributed by atoms with Crippen molar-refractivity contribution in [3.63, 3.8) is 0 Å². The fourth-order valence-electron chi connectivity index (χ4n) is 1.73. The first kappa shape index (κ1) is 14.6. The highest BCUT2D eigenvalue weighted by molar-refractivity contribution is 5.81. The van der Waals surface area contributed by atoms with E-state index in [0.29, 0.717) is 12.5 Å². The van der Waals surface area contributed by atoms with Crippen LogP contribution in [0.4, 0.5) is 5.69 Å². The van der Waals surface area contributed by atoms with E-state index >= 15 is 0 Å². The Hall–Kier alpha value is -1.51. The lowest BCUT2D eigenvalue weighted by atomic mass is 10.1. The Bertz CT molecular complexity index is 393. The first-order valence-corrected chi connectivity index (χ1v) is 6.51. The molecular weight excluding hydrogens is 224 g/mol. The smallest absolute Gasteiger partial charge is 0.239 e. The predicted molar refractivity (Wildman–Crippen MR) is 76.8 cm³/mol. The number of amides is 1. The van der Waals surface area contributed by atoms with Gasteiger partial charge < -0.3 is 10.6 Å². The molecule has 1 aromatic carbocycles. The van der Waals surface area contributed by atoms with Crippen LogP contribution in [-0.2, 0) is 4.79 Å². The van der Waals surface area contributed by atoms with Gasteiger partial charge in [-0.3, -0.25) is 4.79 Å². The lowest BCUT2D eigenvalue weighted by Gasteiger charge is -2.18. The number of nitrogens with one attached hydrogen (secondary N) is 2. The van der Waals surface area contributed by atoms with Gasteiger partial charge in [-0.1, -0.05) is 32.0 Å². The Morgan fingerprint density at radius 3 is 2.22 bits per heavy atom. The highest BCUT2D eigenvalue weighted by Gasteiger charge is 2.11. The maximum Gasteiger partial charge on any atom is 0.239 e. The van der Waals surface area contributed by atoms with Crippen LogP contribution in [0.15, 0.2) is 18.2 Å². The van der Waals surface area contributed by atoms with Gasteiger partial charge in [0, 0.05) is 11.7 Å². The molecule has 3 nitrogen and oxygen atoms in total. The summed E-state index contributed by atoms with van der Waals surface area (Å²) in [6, 6.07) is 6.32. The number of carbonyl (C=O) groups excluding carboxylic acids is 1. The van der Waals surface area contributed by atoms with Crippen molar-refractivity contribution in [2.75, 3.05) is 11.9 Å². The van der Waals surface area contributed by atoms with Gasteiger partial charge in [0.1, 0.15) is 0 Å². The Morgan fingerprint density at radius 2 is 1.72 bits per heavy atom. The summed E-state index contributed by atoms with van der Waals surface area (Å²) in [7, 11) is 0. The Balaban J connectivity index is 2.53. The molecule has 3 heteroatoms. The van der Waals surface area contributed by atoms with Crippen molar-refractivity contribution >= 4 is 11.6 Å². The molecule has 2 N–H and O–H groups in total. The minimum absolute atomic E-state index is 0.0406. The summed E-state index contributed by atoms with van der Waals surface area (Å²) in [6.45, 7) is 10.6. The fourth-order valence-corrected chi connectivity index (χ4v) is 1.73. The van der Waals surface area contributed by atoms with Gasteiger partial charge in [0.15, 0.2) is 0 Å². The van der Waals surface area contributed by atoms with Crippen molar-refractivity contribution in [1.82, 2.24) is 5.32 Å². The largest absolute Gasteiger partial charge is 0.376 e. The topological polar surface area (TPSA) is 41.1 Å². The molecule has 0 saturated carbocycles. The third-order valence-corrected chi connectivity index (χ3v) is 3.30. The van der Waals surface area contributed by atoms with Gasteiger partial charge >= 0.3 is 0 Å². The number of benzene rings is 1. The molecule has 0 radical (unpaired) electrons. The van der Waals surface area contributed by atoms with Crippen LogP contribution in [0.5, 0.6) is 0 Å². The second-order valence-electron chi connectivity index (χ2n) is 5.22. The van der Waals surface area contributed by atoms with Crippen LogP contribution in [0.3, 0.4) is 0 Å². The van der Waals surface area contributed by atoms with E-state index in [9.17, 15) is 4.79 Å². The first-order chi connectivity index (χ1) is 8.41. The van der Waals surface area contributed by atoms with E-state index in [1.165, 1.54) is 11.1 Å². The standard InChI is InChI=1S/C15H24N2O/c1-10(2)13(5)17-14(18)9-16-15-11(3)7-6-8-12(15)4/h6-8,10,13,16H,9H2,1-5H3,(H,17,18). The molecule has 1 atom stereocenters. The van der Waals surface area contributed by atoms with E-state index in [-0.39, 0.29) is 11.9 Å². The van der Waals surface area contributed by atoms with Crippen LogP contribution in [-0.4, -0.2) is 18.5 Å². The van der Waals surface area contributed by atoms with E-state index in [2.05, 4.69) is 24.5 Å². The van der Waals surface area contributed by atoms with E-state index in [1.807, 2.05) is 39.0 Å². The SMILES string of the molecule is Cc1cccc(C)c1NCC(=O)NC(C)C(C)C. The van der Waals surface area contributed by atoms with Crippen molar-refractivity contribution < 1.29 is 4.79 Å². The van der Waals surface area contributed by atoms with Gasteiger partial charge in [0.2, 0.25) is 5.91 Å². The summed E-state index contributed by atoms with van der Waals surface area (Å²) >= 11 is 0. The Kier molecular flexibility index (Phi) is 5.20. The van der Waals surface area contributed by atoms with E-state index in [1.54, 1.807) is 0 Å². The Morgan fingerprint density at radius 1 is 1.17 bits per heavy atom. The molecule has 1 unspecified atom stereocenters. The van der Waals surface area contributed by atoms with Crippen molar-refractivity contribution in [1.29, 1.82) is 0 Å². The first-order valence-electron chi connectivity index (χ1n) is 6.51. The molecule has 18 heavy (non-hydrogen) atoms. The number of hydrogen-bond acceptors (Lipinski definition) is 2. The van der Waals surface area contributed by atoms with Crippen LogP contribution < -0.4 is 10.6 Å².